The van der Waals surface area contributed by atoms with Crippen LogP contribution in [0, 0.1) is 14.9 Å². The molecule has 0 aromatic heterocycles. The molecule has 4 radical (unpaired) electrons. The Balaban J connectivity index is 0. The number of aliphatic carboxylic acids is 1. The Morgan fingerprint density at radius 3 is 2.35 bits per heavy atom. The second kappa shape index (κ2) is 9.75. The van der Waals surface area contributed by atoms with Crippen LogP contribution in [0.2, 0.25) is 0 Å². The smallest absolute Gasteiger partial charge is 0.408 e. The zero-order valence-electron chi connectivity index (χ0n) is 14.6. The highest BCUT2D eigenvalue weighted by Crippen LogP contribution is 2.30. The van der Waals surface area contributed by atoms with E-state index in [9.17, 15) is 14.7 Å². The van der Waals surface area contributed by atoms with Crippen molar-refractivity contribution in [1.82, 2.24) is 5.32 Å². The van der Waals surface area contributed by atoms with Gasteiger partial charge in [-0.2, -0.15) is 0 Å². The Bertz CT molecular complexity index is 378. The molecule has 23 heavy (non-hydrogen) atoms. The summed E-state index contributed by atoms with van der Waals surface area (Å²) in [6.07, 6.45) is 2.67. The summed E-state index contributed by atoms with van der Waals surface area (Å²) < 4.78 is 5.23. The maximum atomic E-state index is 12.0. The van der Waals surface area contributed by atoms with Gasteiger partial charge in [-0.25, -0.2) is 4.79 Å². The highest BCUT2D eigenvalue weighted by atomic mass is 16.6. The summed E-state index contributed by atoms with van der Waals surface area (Å²) in [7, 11) is 0. The molecule has 1 amide bonds. The Kier molecular flexibility index (Phi) is 10.2. The second-order valence-corrected chi connectivity index (χ2v) is 6.94. The molecule has 2 atom stereocenters. The van der Waals surface area contributed by atoms with E-state index in [-0.39, 0.29) is 27.7 Å². The van der Waals surface area contributed by atoms with Crippen molar-refractivity contribution in [2.24, 2.45) is 0 Å². The van der Waals surface area contributed by atoms with Gasteiger partial charge in [0, 0.05) is 0 Å². The Labute approximate surface area is 140 Å². The molecule has 1 rings (SSSR count). The van der Waals surface area contributed by atoms with Crippen molar-refractivity contribution in [2.75, 3.05) is 0 Å². The first-order valence-electron chi connectivity index (χ1n) is 7.53. The van der Waals surface area contributed by atoms with Gasteiger partial charge in [-0.1, -0.05) is 34.1 Å². The fourth-order valence-electron chi connectivity index (χ4n) is 2.80. The second-order valence-electron chi connectivity index (χ2n) is 6.94. The number of alkyl carbamates (subject to hydrolysis) is 1. The quantitative estimate of drug-likeness (QED) is 0.739. The van der Waals surface area contributed by atoms with E-state index in [1.165, 1.54) is 0 Å². The number of hydrogen-bond acceptors (Lipinski definition) is 4. The Morgan fingerprint density at radius 1 is 1.22 bits per heavy atom. The van der Waals surface area contributed by atoms with E-state index in [1.54, 1.807) is 20.8 Å². The van der Waals surface area contributed by atoms with Gasteiger partial charge in [-0.15, -0.1) is 0 Å². The minimum Gasteiger partial charge on any atom is -0.481 e. The van der Waals surface area contributed by atoms with Crippen LogP contribution < -0.4 is 5.32 Å². The van der Waals surface area contributed by atoms with Gasteiger partial charge in [-0.05, 0) is 40.0 Å². The number of hydrogen-bond donors (Lipinski definition) is 3. The van der Waals surface area contributed by atoms with Crippen LogP contribution in [0.15, 0.2) is 0 Å². The summed E-state index contributed by atoms with van der Waals surface area (Å²) in [6, 6.07) is 0. The lowest BCUT2D eigenvalue weighted by Gasteiger charge is -2.37. The molecule has 0 saturated heterocycles. The number of amides is 1. The average Bonchev–Trinajstić information content (AvgIpc) is 2.21. The normalized spacial score (nSPS) is 25.0. The minimum atomic E-state index is -0.987. The van der Waals surface area contributed by atoms with Crippen molar-refractivity contribution in [3.05, 3.63) is 14.9 Å². The fourth-order valence-corrected chi connectivity index (χ4v) is 2.80. The number of carboxylic acid groups (broad SMARTS) is 1. The summed E-state index contributed by atoms with van der Waals surface area (Å²) >= 11 is 0. The molecule has 0 aromatic carbocycles. The van der Waals surface area contributed by atoms with E-state index in [4.69, 9.17) is 9.84 Å². The number of aliphatic hydroxyl groups excluding tert-OH is 1. The van der Waals surface area contributed by atoms with Crippen molar-refractivity contribution >= 4 is 12.1 Å². The zero-order chi connectivity index (χ0) is 16.1. The topological polar surface area (TPSA) is 95.9 Å². The van der Waals surface area contributed by atoms with E-state index in [0.717, 1.165) is 19.3 Å². The lowest BCUT2D eigenvalue weighted by Crippen LogP contribution is -2.53. The van der Waals surface area contributed by atoms with Gasteiger partial charge < -0.3 is 20.3 Å². The Morgan fingerprint density at radius 2 is 1.83 bits per heavy atom. The van der Waals surface area contributed by atoms with Gasteiger partial charge >= 0.3 is 12.1 Å². The standard InChI is InChI=1S/C15H27NO5.2CH2/c1-14(2,3)21-13(20)16-15(10-12(18)19)8-6-4-5-7-11(17)9-15;;/h11,17H,4-10H2,1-3H3,(H,16,20)(H,18,19);2*1H2. The Hall–Kier alpha value is -1.30. The lowest BCUT2D eigenvalue weighted by atomic mass is 9.80. The summed E-state index contributed by atoms with van der Waals surface area (Å²) in [5.41, 5.74) is -1.58. The summed E-state index contributed by atoms with van der Waals surface area (Å²) in [6.45, 7) is 5.26. The van der Waals surface area contributed by atoms with E-state index in [1.807, 2.05) is 0 Å². The average molecular weight is 329 g/mol. The molecular formula is C17H31NO5. The van der Waals surface area contributed by atoms with Crippen LogP contribution in [0.5, 0.6) is 0 Å². The molecular weight excluding hydrogens is 298 g/mol. The molecule has 0 spiro atoms. The molecule has 1 aliphatic carbocycles. The van der Waals surface area contributed by atoms with Crippen molar-refractivity contribution < 1.29 is 24.5 Å². The van der Waals surface area contributed by atoms with Gasteiger partial charge in [0.2, 0.25) is 0 Å². The van der Waals surface area contributed by atoms with Crippen LogP contribution in [-0.4, -0.2) is 39.5 Å². The first-order valence-corrected chi connectivity index (χ1v) is 7.53. The predicted molar refractivity (Wildman–Crippen MR) is 88.8 cm³/mol. The van der Waals surface area contributed by atoms with Gasteiger partial charge in [0.05, 0.1) is 18.1 Å². The number of aliphatic hydroxyl groups is 1. The number of carbonyl (C=O) groups is 2. The van der Waals surface area contributed by atoms with Crippen molar-refractivity contribution in [2.45, 2.75) is 83.0 Å². The van der Waals surface area contributed by atoms with Crippen LogP contribution in [0.1, 0.15) is 65.7 Å². The SMILES string of the molecule is CC(C)(C)OC(=O)NC1(CC(=O)O)CCCCCC(O)C1.[CH2].[CH2]. The molecule has 0 aromatic rings. The highest BCUT2D eigenvalue weighted by Gasteiger charge is 2.38. The minimum absolute atomic E-state index is 0. The summed E-state index contributed by atoms with van der Waals surface area (Å²) in [4.78, 5) is 23.2. The number of nitrogens with one attached hydrogen (secondary N) is 1. The predicted octanol–water partition coefficient (Wildman–Crippen LogP) is 3.09. The summed E-state index contributed by atoms with van der Waals surface area (Å²) in [5, 5.41) is 21.9. The largest absolute Gasteiger partial charge is 0.481 e. The molecule has 1 aliphatic rings. The number of rotatable bonds is 3. The van der Waals surface area contributed by atoms with Crippen LogP contribution in [0.3, 0.4) is 0 Å². The third-order valence-electron chi connectivity index (χ3n) is 3.57. The number of carbonyl (C=O) groups excluding carboxylic acids is 1. The number of carboxylic acids is 1. The van der Waals surface area contributed by atoms with E-state index >= 15 is 0 Å². The van der Waals surface area contributed by atoms with Crippen LogP contribution in [-0.2, 0) is 9.53 Å². The van der Waals surface area contributed by atoms with E-state index in [2.05, 4.69) is 5.32 Å². The first kappa shape index (κ1) is 24.0. The third kappa shape index (κ3) is 9.43. The molecule has 1 fully saturated rings. The van der Waals surface area contributed by atoms with Crippen LogP contribution >= 0.6 is 0 Å². The van der Waals surface area contributed by atoms with Crippen molar-refractivity contribution in [3.8, 4) is 0 Å². The molecule has 1 saturated carbocycles. The molecule has 3 N–H and O–H groups in total. The van der Waals surface area contributed by atoms with Crippen molar-refractivity contribution in [1.29, 1.82) is 0 Å². The van der Waals surface area contributed by atoms with Crippen molar-refractivity contribution in [3.63, 3.8) is 0 Å². The monoisotopic (exact) mass is 329 g/mol. The van der Waals surface area contributed by atoms with Gasteiger partial charge in [-0.3, -0.25) is 4.79 Å². The maximum Gasteiger partial charge on any atom is 0.408 e. The molecule has 134 valence electrons. The van der Waals surface area contributed by atoms with Gasteiger partial charge in [0.1, 0.15) is 5.60 Å². The molecule has 0 bridgehead atoms. The lowest BCUT2D eigenvalue weighted by molar-refractivity contribution is -0.139. The van der Waals surface area contributed by atoms with E-state index < -0.39 is 29.3 Å². The molecule has 6 nitrogen and oxygen atoms in total. The molecule has 6 heteroatoms. The van der Waals surface area contributed by atoms with E-state index in [0.29, 0.717) is 12.8 Å². The molecule has 2 unspecified atom stereocenters. The van der Waals surface area contributed by atoms with Gasteiger partial charge in [0.15, 0.2) is 0 Å². The molecule has 0 heterocycles. The zero-order valence-corrected chi connectivity index (χ0v) is 14.6. The highest BCUT2D eigenvalue weighted by molar-refractivity contribution is 5.73. The maximum absolute atomic E-state index is 12.0. The number of ether oxygens (including phenoxy) is 1. The van der Waals surface area contributed by atoms with Crippen LogP contribution in [0.25, 0.3) is 0 Å². The third-order valence-corrected chi connectivity index (χ3v) is 3.57. The fraction of sp³-hybridized carbons (Fsp3) is 0.765. The first-order chi connectivity index (χ1) is 9.62. The molecule has 0 aliphatic heterocycles. The van der Waals surface area contributed by atoms with Gasteiger partial charge in [0.25, 0.3) is 0 Å². The summed E-state index contributed by atoms with van der Waals surface area (Å²) in [5.74, 6) is -0.987. The van der Waals surface area contributed by atoms with Crippen LogP contribution in [0.4, 0.5) is 4.79 Å².